The molecule has 128 valence electrons. The second-order valence-electron chi connectivity index (χ2n) is 6.02. The van der Waals surface area contributed by atoms with E-state index >= 15 is 0 Å². The summed E-state index contributed by atoms with van der Waals surface area (Å²) < 4.78 is 6.33. The SMILES string of the molecule is COc1cc(C)c2[nH]c(=O)c3sccc3c2c1-c1ccc(CC#N)cn1. The van der Waals surface area contributed by atoms with Gasteiger partial charge in [0.1, 0.15) is 10.4 Å². The van der Waals surface area contributed by atoms with Gasteiger partial charge < -0.3 is 9.72 Å². The first kappa shape index (κ1) is 16.3. The molecule has 0 aliphatic carbocycles. The molecule has 4 aromatic rings. The molecule has 26 heavy (non-hydrogen) atoms. The van der Waals surface area contributed by atoms with Gasteiger partial charge in [-0.25, -0.2) is 0 Å². The molecule has 0 aliphatic heterocycles. The number of benzene rings is 1. The molecule has 0 unspecified atom stereocenters. The number of fused-ring (bicyclic) bond motifs is 3. The van der Waals surface area contributed by atoms with E-state index in [0.29, 0.717) is 16.9 Å². The van der Waals surface area contributed by atoms with E-state index in [9.17, 15) is 4.79 Å². The molecule has 0 saturated heterocycles. The lowest BCUT2D eigenvalue weighted by molar-refractivity contribution is 0.416. The standard InChI is InChI=1S/C20H15N3O2S/c1-11-9-15(25-2)17(14-4-3-12(5-7-21)10-22-14)16-13-6-8-26-19(13)20(24)23-18(11)16/h3-4,6,8-10H,5H2,1-2H3,(H,23,24). The van der Waals surface area contributed by atoms with Crippen LogP contribution in [0.2, 0.25) is 0 Å². The summed E-state index contributed by atoms with van der Waals surface area (Å²) >= 11 is 1.42. The number of nitrogens with zero attached hydrogens (tertiary/aromatic N) is 2. The number of nitrogens with one attached hydrogen (secondary N) is 1. The van der Waals surface area contributed by atoms with Crippen molar-refractivity contribution in [2.24, 2.45) is 0 Å². The molecule has 0 amide bonds. The van der Waals surface area contributed by atoms with Crippen molar-refractivity contribution in [2.75, 3.05) is 7.11 Å². The highest BCUT2D eigenvalue weighted by molar-refractivity contribution is 7.17. The van der Waals surface area contributed by atoms with Crippen LogP contribution in [-0.4, -0.2) is 17.1 Å². The largest absolute Gasteiger partial charge is 0.496 e. The minimum absolute atomic E-state index is 0.0842. The van der Waals surface area contributed by atoms with Gasteiger partial charge in [-0.3, -0.25) is 9.78 Å². The van der Waals surface area contributed by atoms with Crippen LogP contribution in [0.5, 0.6) is 5.75 Å². The third kappa shape index (κ3) is 2.45. The zero-order chi connectivity index (χ0) is 18.3. The van der Waals surface area contributed by atoms with E-state index in [1.165, 1.54) is 11.3 Å². The molecular formula is C20H15N3O2S. The number of rotatable bonds is 3. The van der Waals surface area contributed by atoms with Gasteiger partial charge >= 0.3 is 0 Å². The Morgan fingerprint density at radius 3 is 2.88 bits per heavy atom. The van der Waals surface area contributed by atoms with Crippen molar-refractivity contribution < 1.29 is 4.74 Å². The topological polar surface area (TPSA) is 78.8 Å². The predicted molar refractivity (Wildman–Crippen MR) is 104 cm³/mol. The molecule has 0 bridgehead atoms. The smallest absolute Gasteiger partial charge is 0.266 e. The number of hydrogen-bond acceptors (Lipinski definition) is 5. The Hall–Kier alpha value is -3.17. The first-order chi connectivity index (χ1) is 12.6. The van der Waals surface area contributed by atoms with Crippen LogP contribution in [-0.2, 0) is 6.42 Å². The number of pyridine rings is 2. The first-order valence-electron chi connectivity index (χ1n) is 8.07. The van der Waals surface area contributed by atoms with Gasteiger partial charge in [0, 0.05) is 17.0 Å². The normalized spacial score (nSPS) is 11.0. The van der Waals surface area contributed by atoms with E-state index in [2.05, 4.69) is 16.0 Å². The van der Waals surface area contributed by atoms with E-state index in [-0.39, 0.29) is 5.56 Å². The Bertz CT molecular complexity index is 1230. The van der Waals surface area contributed by atoms with Gasteiger partial charge in [0.25, 0.3) is 5.56 Å². The molecule has 1 N–H and O–H groups in total. The molecule has 0 aliphatic rings. The monoisotopic (exact) mass is 361 g/mol. The molecule has 0 spiro atoms. The Kier molecular flexibility index (Phi) is 3.94. The first-order valence-corrected chi connectivity index (χ1v) is 8.95. The number of hydrogen-bond donors (Lipinski definition) is 1. The third-order valence-corrected chi connectivity index (χ3v) is 5.36. The average Bonchev–Trinajstić information content (AvgIpc) is 3.14. The van der Waals surface area contributed by atoms with Crippen LogP contribution in [0.1, 0.15) is 11.1 Å². The van der Waals surface area contributed by atoms with Crippen LogP contribution in [0, 0.1) is 18.3 Å². The van der Waals surface area contributed by atoms with Gasteiger partial charge in [0.15, 0.2) is 0 Å². The number of ether oxygens (including phenoxy) is 1. The van der Waals surface area contributed by atoms with Gasteiger partial charge in [-0.05, 0) is 41.6 Å². The molecule has 0 atom stereocenters. The van der Waals surface area contributed by atoms with Crippen molar-refractivity contribution in [1.82, 2.24) is 9.97 Å². The van der Waals surface area contributed by atoms with Crippen molar-refractivity contribution in [3.63, 3.8) is 0 Å². The van der Waals surface area contributed by atoms with Gasteiger partial charge in [-0.15, -0.1) is 11.3 Å². The lowest BCUT2D eigenvalue weighted by Gasteiger charge is -2.15. The van der Waals surface area contributed by atoms with Crippen LogP contribution in [0.4, 0.5) is 0 Å². The minimum Gasteiger partial charge on any atom is -0.496 e. The summed E-state index contributed by atoms with van der Waals surface area (Å²) in [5, 5.41) is 12.6. The fraction of sp³-hybridized carbons (Fsp3) is 0.150. The van der Waals surface area contributed by atoms with Gasteiger partial charge in [0.2, 0.25) is 0 Å². The highest BCUT2D eigenvalue weighted by atomic mass is 32.1. The Morgan fingerprint density at radius 1 is 1.35 bits per heavy atom. The highest BCUT2D eigenvalue weighted by Gasteiger charge is 2.19. The summed E-state index contributed by atoms with van der Waals surface area (Å²) in [5.41, 5.74) is 4.09. The number of aryl methyl sites for hydroxylation is 1. The molecule has 3 aromatic heterocycles. The minimum atomic E-state index is -0.0842. The summed E-state index contributed by atoms with van der Waals surface area (Å²) in [5.74, 6) is 0.704. The van der Waals surface area contributed by atoms with E-state index in [4.69, 9.17) is 10.00 Å². The number of methoxy groups -OCH3 is 1. The zero-order valence-electron chi connectivity index (χ0n) is 14.3. The number of thiophene rings is 1. The van der Waals surface area contributed by atoms with Crippen molar-refractivity contribution in [3.8, 4) is 23.1 Å². The van der Waals surface area contributed by atoms with E-state index in [0.717, 1.165) is 38.7 Å². The van der Waals surface area contributed by atoms with E-state index in [1.807, 2.05) is 36.6 Å². The van der Waals surface area contributed by atoms with Gasteiger partial charge in [-0.2, -0.15) is 5.26 Å². The Labute approximate surface area is 153 Å². The van der Waals surface area contributed by atoms with Gasteiger partial charge in [0.05, 0.1) is 36.4 Å². The summed E-state index contributed by atoms with van der Waals surface area (Å²) in [6.45, 7) is 1.95. The summed E-state index contributed by atoms with van der Waals surface area (Å²) in [6, 6.07) is 9.79. The molecule has 0 fully saturated rings. The second-order valence-corrected chi connectivity index (χ2v) is 6.94. The van der Waals surface area contributed by atoms with Crippen molar-refractivity contribution >= 4 is 32.3 Å². The van der Waals surface area contributed by atoms with Crippen LogP contribution in [0.25, 0.3) is 32.2 Å². The van der Waals surface area contributed by atoms with Crippen molar-refractivity contribution in [2.45, 2.75) is 13.3 Å². The quantitative estimate of drug-likeness (QED) is 0.593. The lowest BCUT2D eigenvalue weighted by Crippen LogP contribution is -2.06. The fourth-order valence-corrected chi connectivity index (χ4v) is 4.05. The molecule has 4 rings (SSSR count). The average molecular weight is 361 g/mol. The van der Waals surface area contributed by atoms with Crippen LogP contribution >= 0.6 is 11.3 Å². The third-order valence-electron chi connectivity index (χ3n) is 4.45. The molecule has 5 nitrogen and oxygen atoms in total. The molecular weight excluding hydrogens is 346 g/mol. The molecule has 3 heterocycles. The summed E-state index contributed by atoms with van der Waals surface area (Å²) in [4.78, 5) is 20.0. The molecule has 6 heteroatoms. The maximum atomic E-state index is 12.4. The number of aromatic amines is 1. The van der Waals surface area contributed by atoms with E-state index < -0.39 is 0 Å². The molecule has 1 aromatic carbocycles. The van der Waals surface area contributed by atoms with Crippen LogP contribution < -0.4 is 10.3 Å². The molecule has 0 radical (unpaired) electrons. The van der Waals surface area contributed by atoms with Crippen molar-refractivity contribution in [3.05, 3.63) is 57.3 Å². The zero-order valence-corrected chi connectivity index (χ0v) is 15.1. The maximum Gasteiger partial charge on any atom is 0.266 e. The molecule has 0 saturated carbocycles. The lowest BCUT2D eigenvalue weighted by atomic mass is 9.97. The number of H-pyrrole nitrogens is 1. The van der Waals surface area contributed by atoms with Gasteiger partial charge in [-0.1, -0.05) is 6.07 Å². The van der Waals surface area contributed by atoms with Crippen molar-refractivity contribution in [1.29, 1.82) is 5.26 Å². The van der Waals surface area contributed by atoms with Crippen LogP contribution in [0.3, 0.4) is 0 Å². The van der Waals surface area contributed by atoms with Crippen LogP contribution in [0.15, 0.2) is 40.6 Å². The predicted octanol–water partition coefficient (Wildman–Crippen LogP) is 4.19. The Balaban J connectivity index is 2.13. The highest BCUT2D eigenvalue weighted by Crippen LogP contribution is 2.40. The number of aromatic nitrogens is 2. The fourth-order valence-electron chi connectivity index (χ4n) is 3.25. The van der Waals surface area contributed by atoms with E-state index in [1.54, 1.807) is 13.3 Å². The maximum absolute atomic E-state index is 12.4. The second kappa shape index (κ2) is 6.28. The Morgan fingerprint density at radius 2 is 2.19 bits per heavy atom. The summed E-state index contributed by atoms with van der Waals surface area (Å²) in [6.07, 6.45) is 2.03. The summed E-state index contributed by atoms with van der Waals surface area (Å²) in [7, 11) is 1.63. The number of nitriles is 1.